The van der Waals surface area contributed by atoms with E-state index >= 15 is 0 Å². The van der Waals surface area contributed by atoms with Crippen molar-refractivity contribution in [2.75, 3.05) is 14.1 Å². The Kier molecular flexibility index (Phi) is 5.44. The molecular weight excluding hydrogens is 288 g/mol. The molecule has 0 aliphatic heterocycles. The highest BCUT2D eigenvalue weighted by Gasteiger charge is 2.10. The molecule has 0 saturated carbocycles. The largest absolute Gasteiger partial charge is 0.349 e. The fourth-order valence-electron chi connectivity index (χ4n) is 1.24. The fourth-order valence-corrected chi connectivity index (χ4v) is 2.64. The van der Waals surface area contributed by atoms with Crippen LogP contribution in [0.5, 0.6) is 0 Å². The molecule has 16 heavy (non-hydrogen) atoms. The summed E-state index contributed by atoms with van der Waals surface area (Å²) in [7, 11) is 3.57. The van der Waals surface area contributed by atoms with Crippen molar-refractivity contribution in [3.8, 4) is 0 Å². The number of carbonyl (C=O) groups is 1. The topological polar surface area (TPSA) is 32.3 Å². The Hall–Kier alpha value is -0.390. The van der Waals surface area contributed by atoms with Crippen LogP contribution >= 0.6 is 27.3 Å². The molecule has 3 nitrogen and oxygen atoms in total. The smallest absolute Gasteiger partial charge is 0.223 e. The molecule has 1 unspecified atom stereocenters. The highest BCUT2D eigenvalue weighted by molar-refractivity contribution is 9.10. The summed E-state index contributed by atoms with van der Waals surface area (Å²) in [4.78, 5) is 14.3. The summed E-state index contributed by atoms with van der Waals surface area (Å²) in [6.07, 6.45) is 0.541. The first-order valence-electron chi connectivity index (χ1n) is 5.15. The fraction of sp³-hybridized carbons (Fsp3) is 0.545. The Labute approximate surface area is 109 Å². The molecule has 90 valence electrons. The van der Waals surface area contributed by atoms with Gasteiger partial charge in [0.05, 0.1) is 0 Å². The molecule has 0 aromatic carbocycles. The minimum Gasteiger partial charge on any atom is -0.349 e. The van der Waals surface area contributed by atoms with E-state index in [1.165, 1.54) is 4.88 Å². The van der Waals surface area contributed by atoms with Gasteiger partial charge in [-0.15, -0.1) is 11.3 Å². The molecule has 0 aliphatic carbocycles. The van der Waals surface area contributed by atoms with Crippen molar-refractivity contribution in [1.82, 2.24) is 10.2 Å². The van der Waals surface area contributed by atoms with Gasteiger partial charge in [0.25, 0.3) is 0 Å². The first kappa shape index (κ1) is 13.7. The van der Waals surface area contributed by atoms with Crippen LogP contribution in [0.25, 0.3) is 0 Å². The Morgan fingerprint density at radius 3 is 2.81 bits per heavy atom. The predicted molar refractivity (Wildman–Crippen MR) is 71.6 cm³/mol. The Morgan fingerprint density at radius 1 is 1.62 bits per heavy atom. The van der Waals surface area contributed by atoms with Crippen LogP contribution in [-0.4, -0.2) is 30.9 Å². The highest BCUT2D eigenvalue weighted by Crippen LogP contribution is 2.19. The Balaban J connectivity index is 2.30. The number of amides is 1. The summed E-state index contributed by atoms with van der Waals surface area (Å²) in [5.74, 6) is 0.160. The summed E-state index contributed by atoms with van der Waals surface area (Å²) >= 11 is 5.13. The van der Waals surface area contributed by atoms with E-state index in [1.54, 1.807) is 30.3 Å². The van der Waals surface area contributed by atoms with Crippen LogP contribution in [0.1, 0.15) is 18.2 Å². The van der Waals surface area contributed by atoms with Gasteiger partial charge in [-0.05, 0) is 28.9 Å². The summed E-state index contributed by atoms with van der Waals surface area (Å²) < 4.78 is 1.12. The van der Waals surface area contributed by atoms with Crippen molar-refractivity contribution in [2.45, 2.75) is 25.9 Å². The number of halogens is 1. The van der Waals surface area contributed by atoms with Crippen LogP contribution in [-0.2, 0) is 11.3 Å². The van der Waals surface area contributed by atoms with E-state index in [2.05, 4.69) is 32.7 Å². The first-order chi connectivity index (χ1) is 7.49. The molecule has 1 aromatic heterocycles. The van der Waals surface area contributed by atoms with Gasteiger partial charge in [0.15, 0.2) is 0 Å². The SMILES string of the molecule is CC(CC(=O)N(C)C)NCc1cc(Br)cs1. The molecule has 0 spiro atoms. The quantitative estimate of drug-likeness (QED) is 0.906. The van der Waals surface area contributed by atoms with Crippen molar-refractivity contribution in [3.63, 3.8) is 0 Å². The highest BCUT2D eigenvalue weighted by atomic mass is 79.9. The van der Waals surface area contributed by atoms with Gasteiger partial charge in [-0.3, -0.25) is 4.79 Å². The van der Waals surface area contributed by atoms with E-state index in [9.17, 15) is 4.79 Å². The molecule has 0 saturated heterocycles. The average molecular weight is 305 g/mol. The molecule has 0 aliphatic rings. The van der Waals surface area contributed by atoms with Gasteiger partial charge in [-0.2, -0.15) is 0 Å². The summed E-state index contributed by atoms with van der Waals surface area (Å²) in [5.41, 5.74) is 0. The monoisotopic (exact) mass is 304 g/mol. The second-order valence-electron chi connectivity index (χ2n) is 4.01. The molecular formula is C11H17BrN2OS. The lowest BCUT2D eigenvalue weighted by Gasteiger charge is -2.16. The second-order valence-corrected chi connectivity index (χ2v) is 5.92. The number of nitrogens with one attached hydrogen (secondary N) is 1. The Bertz CT molecular complexity index is 352. The Morgan fingerprint density at radius 2 is 2.31 bits per heavy atom. The molecule has 0 fully saturated rings. The molecule has 1 rings (SSSR count). The molecule has 1 N–H and O–H groups in total. The lowest BCUT2D eigenvalue weighted by molar-refractivity contribution is -0.129. The molecule has 5 heteroatoms. The van der Waals surface area contributed by atoms with Gasteiger partial charge in [-0.1, -0.05) is 0 Å². The van der Waals surface area contributed by atoms with Gasteiger partial charge in [0.1, 0.15) is 0 Å². The molecule has 1 atom stereocenters. The molecule has 1 heterocycles. The zero-order valence-corrected chi connectivity index (χ0v) is 12.2. The van der Waals surface area contributed by atoms with Gasteiger partial charge in [-0.25, -0.2) is 0 Å². The van der Waals surface area contributed by atoms with E-state index in [4.69, 9.17) is 0 Å². The zero-order chi connectivity index (χ0) is 12.1. The van der Waals surface area contributed by atoms with Gasteiger partial charge >= 0.3 is 0 Å². The third-order valence-electron chi connectivity index (χ3n) is 2.23. The third-order valence-corrected chi connectivity index (χ3v) is 3.92. The van der Waals surface area contributed by atoms with E-state index < -0.39 is 0 Å². The predicted octanol–water partition coefficient (Wildman–Crippen LogP) is 2.47. The molecule has 1 amide bonds. The van der Waals surface area contributed by atoms with Crippen molar-refractivity contribution < 1.29 is 4.79 Å². The molecule has 0 radical (unpaired) electrons. The standard InChI is InChI=1S/C11H17BrN2OS/c1-8(4-11(15)14(2)3)13-6-10-5-9(12)7-16-10/h5,7-8,13H,4,6H2,1-3H3. The van der Waals surface area contributed by atoms with Gasteiger partial charge < -0.3 is 10.2 Å². The van der Waals surface area contributed by atoms with Crippen LogP contribution in [0.15, 0.2) is 15.9 Å². The van der Waals surface area contributed by atoms with Crippen molar-refractivity contribution in [1.29, 1.82) is 0 Å². The number of rotatable bonds is 5. The van der Waals surface area contributed by atoms with Crippen molar-refractivity contribution >= 4 is 33.2 Å². The van der Waals surface area contributed by atoms with Crippen LogP contribution in [0, 0.1) is 0 Å². The van der Waals surface area contributed by atoms with E-state index in [-0.39, 0.29) is 11.9 Å². The van der Waals surface area contributed by atoms with Gasteiger partial charge in [0, 0.05) is 47.8 Å². The average Bonchev–Trinajstić information content (AvgIpc) is 2.61. The third kappa shape index (κ3) is 4.63. The molecule has 1 aromatic rings. The lowest BCUT2D eigenvalue weighted by atomic mass is 10.2. The summed E-state index contributed by atoms with van der Waals surface area (Å²) in [6.45, 7) is 2.85. The maximum Gasteiger partial charge on any atom is 0.223 e. The van der Waals surface area contributed by atoms with Crippen LogP contribution < -0.4 is 5.32 Å². The number of carbonyl (C=O) groups excluding carboxylic acids is 1. The maximum atomic E-state index is 11.4. The minimum atomic E-state index is 0.160. The number of hydrogen-bond donors (Lipinski definition) is 1. The molecule has 0 bridgehead atoms. The first-order valence-corrected chi connectivity index (χ1v) is 6.82. The van der Waals surface area contributed by atoms with Gasteiger partial charge in [0.2, 0.25) is 5.91 Å². The normalized spacial score (nSPS) is 12.5. The number of hydrogen-bond acceptors (Lipinski definition) is 3. The number of thiophene rings is 1. The van der Waals surface area contributed by atoms with Crippen molar-refractivity contribution in [3.05, 3.63) is 20.8 Å². The van der Waals surface area contributed by atoms with Crippen LogP contribution in [0.3, 0.4) is 0 Å². The van der Waals surface area contributed by atoms with Crippen LogP contribution in [0.4, 0.5) is 0 Å². The van der Waals surface area contributed by atoms with E-state index in [0.717, 1.165) is 11.0 Å². The van der Waals surface area contributed by atoms with Crippen LogP contribution in [0.2, 0.25) is 0 Å². The van der Waals surface area contributed by atoms with E-state index in [1.807, 2.05) is 6.92 Å². The minimum absolute atomic E-state index is 0.160. The van der Waals surface area contributed by atoms with E-state index in [0.29, 0.717) is 6.42 Å². The maximum absolute atomic E-state index is 11.4. The summed E-state index contributed by atoms with van der Waals surface area (Å²) in [6, 6.07) is 2.30. The van der Waals surface area contributed by atoms with Crippen molar-refractivity contribution in [2.24, 2.45) is 0 Å². The lowest BCUT2D eigenvalue weighted by Crippen LogP contribution is -2.32. The summed E-state index contributed by atoms with van der Waals surface area (Å²) in [5, 5.41) is 5.40. The zero-order valence-electron chi connectivity index (χ0n) is 9.79. The second kappa shape index (κ2) is 6.37. The number of nitrogens with zero attached hydrogens (tertiary/aromatic N) is 1.